The third-order valence-corrected chi connectivity index (χ3v) is 2.92. The highest BCUT2D eigenvalue weighted by Crippen LogP contribution is 2.24. The molecule has 2 aromatic heterocycles. The van der Waals surface area contributed by atoms with Gasteiger partial charge in [-0.3, -0.25) is 4.40 Å². The van der Waals surface area contributed by atoms with Crippen molar-refractivity contribution < 1.29 is 5.11 Å². The molecule has 2 heterocycles. The molecule has 4 heteroatoms. The average molecular weight is 245 g/mol. The number of nitrogens with zero attached hydrogens (tertiary/aromatic N) is 2. The second-order valence-electron chi connectivity index (χ2n) is 3.74. The molecule has 3 nitrogen and oxygen atoms in total. The third kappa shape index (κ3) is 1.65. The molecule has 84 valence electrons. The third-order valence-electron chi connectivity index (χ3n) is 2.63. The lowest BCUT2D eigenvalue weighted by atomic mass is 10.2. The molecule has 0 amide bonds. The van der Waals surface area contributed by atoms with Crippen LogP contribution in [0.1, 0.15) is 0 Å². The van der Waals surface area contributed by atoms with E-state index in [0.717, 1.165) is 16.9 Å². The van der Waals surface area contributed by atoms with Crippen LogP contribution in [0.25, 0.3) is 16.9 Å². The molecular weight excluding hydrogens is 236 g/mol. The first-order chi connectivity index (χ1) is 8.25. The monoisotopic (exact) mass is 244 g/mol. The van der Waals surface area contributed by atoms with Crippen molar-refractivity contribution >= 4 is 17.1 Å². The van der Waals surface area contributed by atoms with Gasteiger partial charge in [0.25, 0.3) is 0 Å². The van der Waals surface area contributed by atoms with E-state index in [4.69, 9.17) is 11.6 Å². The summed E-state index contributed by atoms with van der Waals surface area (Å²) in [6.07, 6.45) is 1.77. The van der Waals surface area contributed by atoms with E-state index in [1.54, 1.807) is 18.3 Å². The van der Waals surface area contributed by atoms with Crippen LogP contribution in [0.3, 0.4) is 0 Å². The summed E-state index contributed by atoms with van der Waals surface area (Å²) in [6, 6.07) is 12.5. The van der Waals surface area contributed by atoms with E-state index in [2.05, 4.69) is 4.98 Å². The number of pyridine rings is 1. The van der Waals surface area contributed by atoms with Crippen molar-refractivity contribution in [1.82, 2.24) is 9.38 Å². The molecule has 0 aliphatic rings. The van der Waals surface area contributed by atoms with E-state index in [0.29, 0.717) is 5.15 Å². The van der Waals surface area contributed by atoms with E-state index in [1.165, 1.54) is 0 Å². The van der Waals surface area contributed by atoms with Crippen LogP contribution >= 0.6 is 11.6 Å². The van der Waals surface area contributed by atoms with Gasteiger partial charge in [-0.05, 0) is 36.4 Å². The first kappa shape index (κ1) is 10.2. The zero-order chi connectivity index (χ0) is 11.8. The number of hydrogen-bond donors (Lipinski definition) is 1. The van der Waals surface area contributed by atoms with Gasteiger partial charge in [0.05, 0.1) is 11.7 Å². The molecule has 1 aromatic carbocycles. The Morgan fingerprint density at radius 2 is 1.82 bits per heavy atom. The van der Waals surface area contributed by atoms with Crippen molar-refractivity contribution in [3.63, 3.8) is 0 Å². The van der Waals surface area contributed by atoms with Gasteiger partial charge in [0.1, 0.15) is 16.7 Å². The number of imidazole rings is 1. The van der Waals surface area contributed by atoms with Crippen LogP contribution in [-0.2, 0) is 0 Å². The summed E-state index contributed by atoms with van der Waals surface area (Å²) in [5.74, 6) is 1.01. The molecule has 1 N–H and O–H groups in total. The van der Waals surface area contributed by atoms with Crippen molar-refractivity contribution in [2.45, 2.75) is 0 Å². The lowest BCUT2D eigenvalue weighted by Gasteiger charge is -2.03. The van der Waals surface area contributed by atoms with E-state index in [1.807, 2.05) is 34.7 Å². The maximum atomic E-state index is 9.27. The fourth-order valence-corrected chi connectivity index (χ4v) is 2.07. The molecule has 0 radical (unpaired) electrons. The van der Waals surface area contributed by atoms with Crippen molar-refractivity contribution in [2.24, 2.45) is 0 Å². The molecular formula is C13H9ClN2O. The first-order valence-corrected chi connectivity index (χ1v) is 5.55. The van der Waals surface area contributed by atoms with Crippen LogP contribution in [0, 0.1) is 0 Å². The largest absolute Gasteiger partial charge is 0.508 e. The van der Waals surface area contributed by atoms with Crippen LogP contribution in [0.5, 0.6) is 5.75 Å². The molecule has 0 aliphatic carbocycles. The Hall–Kier alpha value is -2.00. The fourth-order valence-electron chi connectivity index (χ4n) is 1.82. The van der Waals surface area contributed by atoms with E-state index in [9.17, 15) is 5.11 Å². The van der Waals surface area contributed by atoms with Gasteiger partial charge >= 0.3 is 0 Å². The number of benzene rings is 1. The summed E-state index contributed by atoms with van der Waals surface area (Å²) in [7, 11) is 0. The SMILES string of the molecule is Oc1ccc(-c2ncc3cccc(Cl)n23)cc1. The molecule has 17 heavy (non-hydrogen) atoms. The summed E-state index contributed by atoms with van der Waals surface area (Å²) in [6.45, 7) is 0. The number of fused-ring (bicyclic) bond motifs is 1. The summed E-state index contributed by atoms with van der Waals surface area (Å²) in [4.78, 5) is 4.35. The topological polar surface area (TPSA) is 37.5 Å². The molecule has 0 saturated heterocycles. The highest BCUT2D eigenvalue weighted by Gasteiger charge is 2.08. The van der Waals surface area contributed by atoms with Crippen molar-refractivity contribution in [1.29, 1.82) is 0 Å². The minimum atomic E-state index is 0.237. The molecule has 0 fully saturated rings. The normalized spacial score (nSPS) is 10.9. The van der Waals surface area contributed by atoms with E-state index < -0.39 is 0 Å². The summed E-state index contributed by atoms with van der Waals surface area (Å²) >= 11 is 6.16. The van der Waals surface area contributed by atoms with Gasteiger partial charge in [0.2, 0.25) is 0 Å². The average Bonchev–Trinajstić information content (AvgIpc) is 2.75. The van der Waals surface area contributed by atoms with Crippen LogP contribution in [0.2, 0.25) is 5.15 Å². The van der Waals surface area contributed by atoms with Gasteiger partial charge in [-0.1, -0.05) is 17.7 Å². The van der Waals surface area contributed by atoms with Gasteiger partial charge in [-0.15, -0.1) is 0 Å². The number of aromatic nitrogens is 2. The highest BCUT2D eigenvalue weighted by atomic mass is 35.5. The second kappa shape index (κ2) is 3.79. The van der Waals surface area contributed by atoms with Crippen molar-refractivity contribution in [3.05, 3.63) is 53.8 Å². The van der Waals surface area contributed by atoms with Crippen LogP contribution < -0.4 is 0 Å². The van der Waals surface area contributed by atoms with Gasteiger partial charge in [-0.2, -0.15) is 0 Å². The molecule has 0 spiro atoms. The molecule has 0 unspecified atom stereocenters. The zero-order valence-electron chi connectivity index (χ0n) is 8.84. The lowest BCUT2D eigenvalue weighted by molar-refractivity contribution is 0.475. The number of halogens is 1. The smallest absolute Gasteiger partial charge is 0.145 e. The highest BCUT2D eigenvalue weighted by molar-refractivity contribution is 6.30. The molecule has 0 atom stereocenters. The standard InChI is InChI=1S/C13H9ClN2O/c14-12-3-1-2-10-8-15-13(16(10)12)9-4-6-11(17)7-5-9/h1-8,17H. The van der Waals surface area contributed by atoms with Crippen LogP contribution in [-0.4, -0.2) is 14.5 Å². The Bertz CT molecular complexity index is 673. The second-order valence-corrected chi connectivity index (χ2v) is 4.12. The fraction of sp³-hybridized carbons (Fsp3) is 0. The number of phenols is 1. The van der Waals surface area contributed by atoms with Crippen molar-refractivity contribution in [2.75, 3.05) is 0 Å². The Labute approximate surface area is 103 Å². The molecule has 0 bridgehead atoms. The number of hydrogen-bond acceptors (Lipinski definition) is 2. The Balaban J connectivity index is 2.27. The Morgan fingerprint density at radius 3 is 2.59 bits per heavy atom. The minimum absolute atomic E-state index is 0.237. The number of aromatic hydroxyl groups is 1. The Morgan fingerprint density at radius 1 is 1.06 bits per heavy atom. The minimum Gasteiger partial charge on any atom is -0.508 e. The Kier molecular flexibility index (Phi) is 2.27. The lowest BCUT2D eigenvalue weighted by Crippen LogP contribution is -1.90. The first-order valence-electron chi connectivity index (χ1n) is 5.17. The van der Waals surface area contributed by atoms with E-state index >= 15 is 0 Å². The zero-order valence-corrected chi connectivity index (χ0v) is 9.59. The van der Waals surface area contributed by atoms with Gasteiger partial charge in [0.15, 0.2) is 0 Å². The van der Waals surface area contributed by atoms with Crippen molar-refractivity contribution in [3.8, 4) is 17.1 Å². The predicted molar refractivity (Wildman–Crippen MR) is 67.3 cm³/mol. The number of rotatable bonds is 1. The quantitative estimate of drug-likeness (QED) is 0.667. The van der Waals surface area contributed by atoms with Gasteiger partial charge in [-0.25, -0.2) is 4.98 Å². The molecule has 0 aliphatic heterocycles. The van der Waals surface area contributed by atoms with Gasteiger partial charge < -0.3 is 5.11 Å². The van der Waals surface area contributed by atoms with Gasteiger partial charge in [0, 0.05) is 5.56 Å². The summed E-state index contributed by atoms with van der Waals surface area (Å²) in [5, 5.41) is 9.88. The van der Waals surface area contributed by atoms with Crippen LogP contribution in [0.4, 0.5) is 0 Å². The summed E-state index contributed by atoms with van der Waals surface area (Å²) in [5.41, 5.74) is 1.86. The maximum absolute atomic E-state index is 9.27. The molecule has 0 saturated carbocycles. The summed E-state index contributed by atoms with van der Waals surface area (Å²) < 4.78 is 1.87. The van der Waals surface area contributed by atoms with E-state index in [-0.39, 0.29) is 5.75 Å². The molecule has 3 aromatic rings. The number of phenolic OH excluding ortho intramolecular Hbond substituents is 1. The van der Waals surface area contributed by atoms with Crippen LogP contribution in [0.15, 0.2) is 48.7 Å². The molecule has 3 rings (SSSR count). The maximum Gasteiger partial charge on any atom is 0.145 e. The predicted octanol–water partition coefficient (Wildman–Crippen LogP) is 3.36.